The average molecular weight is 227 g/mol. The second-order valence-electron chi connectivity index (χ2n) is 3.13. The normalized spacial score (nSPS) is 10.2. The average Bonchev–Trinajstić information content (AvgIpc) is 2.70. The number of ether oxygens (including phenoxy) is 1. The number of rotatable bonds is 7. The summed E-state index contributed by atoms with van der Waals surface area (Å²) in [6.07, 6.45) is 1.48. The summed E-state index contributed by atoms with van der Waals surface area (Å²) in [5, 5.41) is 5.30. The summed E-state index contributed by atoms with van der Waals surface area (Å²) in [5.74, 6) is -0.124. The van der Waals surface area contributed by atoms with Crippen LogP contribution in [0.3, 0.4) is 0 Å². The molecule has 0 aliphatic carbocycles. The Bertz CT molecular complexity index is 272. The molecule has 0 amide bonds. The third-order valence-electron chi connectivity index (χ3n) is 1.94. The molecule has 1 rings (SSSR count). The molecule has 1 aromatic heterocycles. The SMILES string of the molecule is CCOC(=O)CCNCCc1cccs1. The van der Waals surface area contributed by atoms with Crippen LogP contribution in [0.4, 0.5) is 0 Å². The predicted molar refractivity (Wildman–Crippen MR) is 62.1 cm³/mol. The number of carbonyl (C=O) groups is 1. The minimum atomic E-state index is -0.124. The van der Waals surface area contributed by atoms with Gasteiger partial charge in [-0.1, -0.05) is 6.07 Å². The van der Waals surface area contributed by atoms with E-state index in [0.29, 0.717) is 19.6 Å². The lowest BCUT2D eigenvalue weighted by Crippen LogP contribution is -2.21. The molecule has 0 radical (unpaired) electrons. The van der Waals surface area contributed by atoms with Crippen LogP contribution in [0.1, 0.15) is 18.2 Å². The molecule has 1 N–H and O–H groups in total. The molecule has 0 aromatic carbocycles. The van der Waals surface area contributed by atoms with Gasteiger partial charge in [0.25, 0.3) is 0 Å². The van der Waals surface area contributed by atoms with Crippen LogP contribution in [0.5, 0.6) is 0 Å². The smallest absolute Gasteiger partial charge is 0.307 e. The first-order valence-electron chi connectivity index (χ1n) is 5.21. The van der Waals surface area contributed by atoms with Gasteiger partial charge in [-0.05, 0) is 31.3 Å². The summed E-state index contributed by atoms with van der Waals surface area (Å²) in [5.41, 5.74) is 0. The fourth-order valence-electron chi connectivity index (χ4n) is 1.22. The van der Waals surface area contributed by atoms with E-state index < -0.39 is 0 Å². The minimum absolute atomic E-state index is 0.124. The molecule has 0 bridgehead atoms. The Hall–Kier alpha value is -0.870. The van der Waals surface area contributed by atoms with Crippen LogP contribution in [0.2, 0.25) is 0 Å². The summed E-state index contributed by atoms with van der Waals surface area (Å²) in [6.45, 7) is 3.90. The van der Waals surface area contributed by atoms with Gasteiger partial charge in [0.15, 0.2) is 0 Å². The second kappa shape index (κ2) is 7.43. The van der Waals surface area contributed by atoms with Gasteiger partial charge in [-0.25, -0.2) is 0 Å². The molecule has 3 nitrogen and oxygen atoms in total. The molecule has 0 unspecified atom stereocenters. The molecule has 0 saturated heterocycles. The zero-order valence-corrected chi connectivity index (χ0v) is 9.81. The van der Waals surface area contributed by atoms with Gasteiger partial charge in [0.05, 0.1) is 13.0 Å². The molecule has 4 heteroatoms. The Labute approximate surface area is 94.5 Å². The maximum absolute atomic E-state index is 11.0. The number of carbonyl (C=O) groups excluding carboxylic acids is 1. The van der Waals surface area contributed by atoms with Crippen LogP contribution < -0.4 is 5.32 Å². The fourth-order valence-corrected chi connectivity index (χ4v) is 1.92. The maximum Gasteiger partial charge on any atom is 0.307 e. The highest BCUT2D eigenvalue weighted by atomic mass is 32.1. The maximum atomic E-state index is 11.0. The first-order valence-corrected chi connectivity index (χ1v) is 6.09. The van der Waals surface area contributed by atoms with Crippen LogP contribution in [0.25, 0.3) is 0 Å². The van der Waals surface area contributed by atoms with E-state index in [1.807, 2.05) is 6.92 Å². The standard InChI is InChI=1S/C11H17NO2S/c1-2-14-11(13)6-8-12-7-5-10-4-3-9-15-10/h3-4,9,12H,2,5-8H2,1H3. The van der Waals surface area contributed by atoms with Crippen molar-refractivity contribution in [3.63, 3.8) is 0 Å². The van der Waals surface area contributed by atoms with Crippen molar-refractivity contribution in [2.24, 2.45) is 0 Å². The highest BCUT2D eigenvalue weighted by Gasteiger charge is 2.00. The Morgan fingerprint density at radius 2 is 2.40 bits per heavy atom. The third kappa shape index (κ3) is 5.54. The summed E-state index contributed by atoms with van der Waals surface area (Å²) in [7, 11) is 0. The number of nitrogens with one attached hydrogen (secondary N) is 1. The quantitative estimate of drug-likeness (QED) is 0.570. The minimum Gasteiger partial charge on any atom is -0.466 e. The Morgan fingerprint density at radius 3 is 3.07 bits per heavy atom. The van der Waals surface area contributed by atoms with Crippen LogP contribution in [-0.4, -0.2) is 25.7 Å². The summed E-state index contributed by atoms with van der Waals surface area (Å²) < 4.78 is 4.82. The molecule has 0 aliphatic heterocycles. The number of hydrogen-bond donors (Lipinski definition) is 1. The lowest BCUT2D eigenvalue weighted by atomic mass is 10.3. The molecular weight excluding hydrogens is 210 g/mol. The van der Waals surface area contributed by atoms with Gasteiger partial charge < -0.3 is 10.1 Å². The van der Waals surface area contributed by atoms with Crippen molar-refractivity contribution in [3.05, 3.63) is 22.4 Å². The molecule has 0 atom stereocenters. The van der Waals surface area contributed by atoms with Crippen molar-refractivity contribution in [2.45, 2.75) is 19.8 Å². The van der Waals surface area contributed by atoms with Crippen molar-refractivity contribution in [1.29, 1.82) is 0 Å². The van der Waals surface area contributed by atoms with Gasteiger partial charge in [-0.15, -0.1) is 11.3 Å². The zero-order chi connectivity index (χ0) is 10.9. The van der Waals surface area contributed by atoms with E-state index in [0.717, 1.165) is 13.0 Å². The van der Waals surface area contributed by atoms with Crippen LogP contribution >= 0.6 is 11.3 Å². The second-order valence-corrected chi connectivity index (χ2v) is 4.17. The van der Waals surface area contributed by atoms with Gasteiger partial charge in [0.2, 0.25) is 0 Å². The molecule has 1 aromatic rings. The summed E-state index contributed by atoms with van der Waals surface area (Å²) in [4.78, 5) is 12.3. The van der Waals surface area contributed by atoms with Crippen LogP contribution in [0, 0.1) is 0 Å². The lowest BCUT2D eigenvalue weighted by Gasteiger charge is -2.03. The van der Waals surface area contributed by atoms with Crippen molar-refractivity contribution in [3.8, 4) is 0 Å². The Kier molecular flexibility index (Phi) is 6.04. The number of esters is 1. The molecule has 0 fully saturated rings. The summed E-state index contributed by atoms with van der Waals surface area (Å²) in [6, 6.07) is 4.18. The van der Waals surface area contributed by atoms with E-state index in [1.165, 1.54) is 4.88 Å². The predicted octanol–water partition coefficient (Wildman–Crippen LogP) is 1.83. The third-order valence-corrected chi connectivity index (χ3v) is 2.88. The molecular formula is C11H17NO2S. The van der Waals surface area contributed by atoms with Crippen molar-refractivity contribution in [1.82, 2.24) is 5.32 Å². The van der Waals surface area contributed by atoms with E-state index in [2.05, 4.69) is 22.8 Å². The molecule has 84 valence electrons. The largest absolute Gasteiger partial charge is 0.466 e. The highest BCUT2D eigenvalue weighted by Crippen LogP contribution is 2.07. The molecule has 15 heavy (non-hydrogen) atoms. The zero-order valence-electron chi connectivity index (χ0n) is 8.99. The number of hydrogen-bond acceptors (Lipinski definition) is 4. The number of thiophene rings is 1. The first-order chi connectivity index (χ1) is 7.33. The fraction of sp³-hybridized carbons (Fsp3) is 0.545. The molecule has 0 saturated carbocycles. The van der Waals surface area contributed by atoms with Gasteiger partial charge >= 0.3 is 5.97 Å². The summed E-state index contributed by atoms with van der Waals surface area (Å²) >= 11 is 1.76. The monoisotopic (exact) mass is 227 g/mol. The van der Waals surface area contributed by atoms with Crippen LogP contribution in [0.15, 0.2) is 17.5 Å². The topological polar surface area (TPSA) is 38.3 Å². The molecule has 0 aliphatic rings. The Morgan fingerprint density at radius 1 is 1.53 bits per heavy atom. The van der Waals surface area contributed by atoms with E-state index in [9.17, 15) is 4.79 Å². The van der Waals surface area contributed by atoms with Gasteiger partial charge in [0, 0.05) is 11.4 Å². The van der Waals surface area contributed by atoms with Crippen molar-refractivity contribution >= 4 is 17.3 Å². The van der Waals surface area contributed by atoms with Crippen LogP contribution in [-0.2, 0) is 16.0 Å². The lowest BCUT2D eigenvalue weighted by molar-refractivity contribution is -0.142. The van der Waals surface area contributed by atoms with Gasteiger partial charge in [-0.3, -0.25) is 4.79 Å². The van der Waals surface area contributed by atoms with Crippen molar-refractivity contribution in [2.75, 3.05) is 19.7 Å². The van der Waals surface area contributed by atoms with E-state index in [1.54, 1.807) is 11.3 Å². The highest BCUT2D eigenvalue weighted by molar-refractivity contribution is 7.09. The van der Waals surface area contributed by atoms with E-state index >= 15 is 0 Å². The van der Waals surface area contributed by atoms with E-state index in [4.69, 9.17) is 4.74 Å². The van der Waals surface area contributed by atoms with Crippen molar-refractivity contribution < 1.29 is 9.53 Å². The van der Waals surface area contributed by atoms with E-state index in [-0.39, 0.29) is 5.97 Å². The Balaban J connectivity index is 1.95. The molecule has 1 heterocycles. The van der Waals surface area contributed by atoms with Gasteiger partial charge in [-0.2, -0.15) is 0 Å². The first kappa shape index (κ1) is 12.2. The van der Waals surface area contributed by atoms with Gasteiger partial charge in [0.1, 0.15) is 0 Å². The molecule has 0 spiro atoms.